The van der Waals surface area contributed by atoms with Crippen molar-refractivity contribution in [2.24, 2.45) is 0 Å². The van der Waals surface area contributed by atoms with Crippen LogP contribution in [0.3, 0.4) is 0 Å². The van der Waals surface area contributed by atoms with E-state index in [2.05, 4.69) is 5.32 Å². The van der Waals surface area contributed by atoms with Gasteiger partial charge in [0.25, 0.3) is 5.91 Å². The molecule has 0 unspecified atom stereocenters. The van der Waals surface area contributed by atoms with Gasteiger partial charge in [-0.2, -0.15) is 0 Å². The van der Waals surface area contributed by atoms with E-state index in [1.165, 1.54) is 32.4 Å². The normalized spacial score (nSPS) is 10.6. The van der Waals surface area contributed by atoms with Crippen molar-refractivity contribution in [3.05, 3.63) is 69.8 Å². The van der Waals surface area contributed by atoms with Crippen LogP contribution in [0.5, 0.6) is 11.5 Å². The summed E-state index contributed by atoms with van der Waals surface area (Å²) in [6.45, 7) is 0.0755. The first kappa shape index (κ1) is 17.5. The third-order valence-corrected chi connectivity index (χ3v) is 3.85. The molecule has 7 heteroatoms. The number of nitrogens with one attached hydrogen (secondary N) is 1. The molecule has 6 nitrogen and oxygen atoms in total. The number of halogens is 1. The lowest BCUT2D eigenvalue weighted by molar-refractivity contribution is 0.0950. The summed E-state index contributed by atoms with van der Waals surface area (Å²) in [7, 11) is 2.98. The quantitative estimate of drug-likeness (QED) is 0.711. The fourth-order valence-electron chi connectivity index (χ4n) is 2.57. The number of ether oxygens (including phenoxy) is 2. The molecule has 0 aliphatic heterocycles. The Morgan fingerprint density at radius 1 is 1.08 bits per heavy atom. The lowest BCUT2D eigenvalue weighted by Gasteiger charge is -2.10. The molecule has 0 bridgehead atoms. The summed E-state index contributed by atoms with van der Waals surface area (Å²) in [5.74, 6) is 0.0857. The predicted octanol–water partition coefficient (Wildman–Crippen LogP) is 2.88. The molecule has 26 heavy (non-hydrogen) atoms. The number of benzene rings is 2. The molecule has 3 rings (SSSR count). The molecule has 1 N–H and O–H groups in total. The van der Waals surface area contributed by atoms with Gasteiger partial charge in [-0.15, -0.1) is 0 Å². The Bertz CT molecular complexity index is 1010. The van der Waals surface area contributed by atoms with Gasteiger partial charge in [-0.3, -0.25) is 4.79 Å². The van der Waals surface area contributed by atoms with Crippen molar-refractivity contribution in [2.75, 3.05) is 14.2 Å². The number of hydrogen-bond acceptors (Lipinski definition) is 5. The van der Waals surface area contributed by atoms with Crippen molar-refractivity contribution in [1.29, 1.82) is 0 Å². The SMILES string of the molecule is COc1cc(OC)cc(C(=O)NCc2cc(=O)oc3cc(F)ccc23)c1. The van der Waals surface area contributed by atoms with Crippen LogP contribution in [-0.2, 0) is 6.54 Å². The Labute approximate surface area is 148 Å². The van der Waals surface area contributed by atoms with Crippen molar-refractivity contribution in [2.45, 2.75) is 6.54 Å². The smallest absolute Gasteiger partial charge is 0.336 e. The van der Waals surface area contributed by atoms with Crippen molar-refractivity contribution < 1.29 is 23.1 Å². The topological polar surface area (TPSA) is 77.8 Å². The molecule has 1 heterocycles. The van der Waals surface area contributed by atoms with E-state index in [4.69, 9.17) is 13.9 Å². The van der Waals surface area contributed by atoms with Crippen LogP contribution in [0, 0.1) is 5.82 Å². The summed E-state index contributed by atoms with van der Waals surface area (Å²) in [6, 6.07) is 9.97. The number of fused-ring (bicyclic) bond motifs is 1. The number of carbonyl (C=O) groups is 1. The van der Waals surface area contributed by atoms with Crippen LogP contribution in [0.4, 0.5) is 4.39 Å². The number of hydrogen-bond donors (Lipinski definition) is 1. The van der Waals surface area contributed by atoms with Gasteiger partial charge in [0, 0.05) is 35.7 Å². The summed E-state index contributed by atoms with van der Waals surface area (Å²) >= 11 is 0. The first-order chi connectivity index (χ1) is 12.5. The molecule has 0 aliphatic carbocycles. The van der Waals surface area contributed by atoms with Gasteiger partial charge in [-0.05, 0) is 29.8 Å². The Balaban J connectivity index is 1.86. The van der Waals surface area contributed by atoms with Gasteiger partial charge in [-0.25, -0.2) is 9.18 Å². The molecule has 0 saturated carbocycles. The Kier molecular flexibility index (Phi) is 4.88. The van der Waals surface area contributed by atoms with E-state index in [0.29, 0.717) is 28.0 Å². The zero-order chi connectivity index (χ0) is 18.7. The van der Waals surface area contributed by atoms with Crippen LogP contribution < -0.4 is 20.4 Å². The highest BCUT2D eigenvalue weighted by molar-refractivity contribution is 5.95. The van der Waals surface area contributed by atoms with Crippen molar-refractivity contribution in [3.8, 4) is 11.5 Å². The lowest BCUT2D eigenvalue weighted by Crippen LogP contribution is -2.23. The number of methoxy groups -OCH3 is 2. The molecular formula is C19H16FNO5. The lowest BCUT2D eigenvalue weighted by atomic mass is 10.1. The van der Waals surface area contributed by atoms with E-state index in [0.717, 1.165) is 6.07 Å². The highest BCUT2D eigenvalue weighted by atomic mass is 19.1. The van der Waals surface area contributed by atoms with Crippen molar-refractivity contribution in [1.82, 2.24) is 5.32 Å². The van der Waals surface area contributed by atoms with Crippen LogP contribution in [0.15, 0.2) is 51.7 Å². The fraction of sp³-hybridized carbons (Fsp3) is 0.158. The molecular weight excluding hydrogens is 341 g/mol. The monoisotopic (exact) mass is 357 g/mol. The van der Waals surface area contributed by atoms with E-state index >= 15 is 0 Å². The van der Waals surface area contributed by atoms with E-state index in [1.54, 1.807) is 18.2 Å². The second-order valence-electron chi connectivity index (χ2n) is 5.52. The molecule has 0 aliphatic rings. The van der Waals surface area contributed by atoms with Crippen molar-refractivity contribution >= 4 is 16.9 Å². The molecule has 1 amide bonds. The molecule has 3 aromatic rings. The molecule has 2 aromatic carbocycles. The minimum Gasteiger partial charge on any atom is -0.497 e. The minimum atomic E-state index is -0.615. The predicted molar refractivity (Wildman–Crippen MR) is 93.2 cm³/mol. The Morgan fingerprint density at radius 3 is 2.42 bits per heavy atom. The molecule has 0 fully saturated rings. The largest absolute Gasteiger partial charge is 0.497 e. The molecule has 1 aromatic heterocycles. The van der Waals surface area contributed by atoms with Gasteiger partial charge in [0.1, 0.15) is 22.9 Å². The molecule has 134 valence electrons. The zero-order valence-corrected chi connectivity index (χ0v) is 14.2. The second-order valence-corrected chi connectivity index (χ2v) is 5.52. The molecule has 0 atom stereocenters. The van der Waals surface area contributed by atoms with Gasteiger partial charge >= 0.3 is 5.63 Å². The highest BCUT2D eigenvalue weighted by Gasteiger charge is 2.12. The summed E-state index contributed by atoms with van der Waals surface area (Å²) in [5.41, 5.74) is 0.388. The first-order valence-corrected chi connectivity index (χ1v) is 7.73. The van der Waals surface area contributed by atoms with Gasteiger partial charge in [-0.1, -0.05) is 0 Å². The van der Waals surface area contributed by atoms with Crippen LogP contribution in [-0.4, -0.2) is 20.1 Å². The number of amides is 1. The van der Waals surface area contributed by atoms with E-state index in [-0.39, 0.29) is 18.0 Å². The van der Waals surface area contributed by atoms with E-state index in [9.17, 15) is 14.0 Å². The van der Waals surface area contributed by atoms with Crippen LogP contribution in [0.2, 0.25) is 0 Å². The minimum absolute atomic E-state index is 0.0755. The molecule has 0 radical (unpaired) electrons. The highest BCUT2D eigenvalue weighted by Crippen LogP contribution is 2.23. The first-order valence-electron chi connectivity index (χ1n) is 7.73. The fourth-order valence-corrected chi connectivity index (χ4v) is 2.57. The Morgan fingerprint density at radius 2 is 1.77 bits per heavy atom. The maximum Gasteiger partial charge on any atom is 0.336 e. The third-order valence-electron chi connectivity index (χ3n) is 3.85. The average Bonchev–Trinajstić information content (AvgIpc) is 2.64. The van der Waals surface area contributed by atoms with Crippen LogP contribution in [0.1, 0.15) is 15.9 Å². The third kappa shape index (κ3) is 3.66. The number of carbonyl (C=O) groups excluding carboxylic acids is 1. The Hall–Kier alpha value is -3.35. The van der Waals surface area contributed by atoms with Gasteiger partial charge in [0.15, 0.2) is 0 Å². The van der Waals surface area contributed by atoms with E-state index < -0.39 is 11.4 Å². The van der Waals surface area contributed by atoms with Crippen molar-refractivity contribution in [3.63, 3.8) is 0 Å². The second kappa shape index (κ2) is 7.26. The summed E-state index contributed by atoms with van der Waals surface area (Å²) in [4.78, 5) is 24.1. The standard InChI is InChI=1S/C19H16FNO5/c1-24-14-5-11(6-15(9-14)25-2)19(23)21-10-12-7-18(22)26-17-8-13(20)3-4-16(12)17/h3-9H,10H2,1-2H3,(H,21,23). The maximum absolute atomic E-state index is 13.3. The summed E-state index contributed by atoms with van der Waals surface area (Å²) < 4.78 is 28.6. The summed E-state index contributed by atoms with van der Waals surface area (Å²) in [5, 5.41) is 3.28. The van der Waals surface area contributed by atoms with E-state index in [1.807, 2.05) is 0 Å². The molecule has 0 saturated heterocycles. The van der Waals surface area contributed by atoms with Crippen LogP contribution in [0.25, 0.3) is 11.0 Å². The number of rotatable bonds is 5. The van der Waals surface area contributed by atoms with Gasteiger partial charge < -0.3 is 19.2 Å². The van der Waals surface area contributed by atoms with Gasteiger partial charge in [0.05, 0.1) is 14.2 Å². The molecule has 0 spiro atoms. The average molecular weight is 357 g/mol. The summed E-state index contributed by atoms with van der Waals surface area (Å²) in [6.07, 6.45) is 0. The van der Waals surface area contributed by atoms with Gasteiger partial charge in [0.2, 0.25) is 0 Å². The maximum atomic E-state index is 13.3. The zero-order valence-electron chi connectivity index (χ0n) is 14.2. The van der Waals surface area contributed by atoms with Crippen LogP contribution >= 0.6 is 0 Å².